The zero-order chi connectivity index (χ0) is 18.5. The fraction of sp³-hybridized carbons (Fsp3) is 0.381. The zero-order valence-electron chi connectivity index (χ0n) is 15.6. The van der Waals surface area contributed by atoms with Crippen LogP contribution >= 0.6 is 11.8 Å². The molecule has 1 atom stereocenters. The van der Waals surface area contributed by atoms with E-state index < -0.39 is 0 Å². The van der Waals surface area contributed by atoms with Crippen LogP contribution in [-0.4, -0.2) is 37.5 Å². The molecule has 0 saturated carbocycles. The molecule has 1 N–H and O–H groups in total. The molecule has 3 rings (SSSR count). The van der Waals surface area contributed by atoms with E-state index in [1.165, 1.54) is 16.8 Å². The minimum atomic E-state index is -0.156. The van der Waals surface area contributed by atoms with Gasteiger partial charge < -0.3 is 15.0 Å². The Hall–Kier alpha value is -1.98. The lowest BCUT2D eigenvalue weighted by Crippen LogP contribution is -2.36. The first-order chi connectivity index (χ1) is 12.5. The highest BCUT2D eigenvalue weighted by atomic mass is 32.2. The Morgan fingerprint density at radius 3 is 2.42 bits per heavy atom. The lowest BCUT2D eigenvalue weighted by Gasteiger charge is -2.28. The SMILES string of the molecule is Cc1ccc(S[C@@H](C)C(=O)Nc2ccc(N3CCOCC3)cc2)cc1C. The largest absolute Gasteiger partial charge is 0.378 e. The summed E-state index contributed by atoms with van der Waals surface area (Å²) in [6.45, 7) is 9.50. The number of hydrogen-bond acceptors (Lipinski definition) is 4. The van der Waals surface area contributed by atoms with E-state index in [0.717, 1.165) is 36.9 Å². The number of benzene rings is 2. The van der Waals surface area contributed by atoms with Gasteiger partial charge in [-0.1, -0.05) is 6.07 Å². The lowest BCUT2D eigenvalue weighted by molar-refractivity contribution is -0.115. The number of aryl methyl sites for hydroxylation is 2. The van der Waals surface area contributed by atoms with Crippen molar-refractivity contribution < 1.29 is 9.53 Å². The summed E-state index contributed by atoms with van der Waals surface area (Å²) in [7, 11) is 0. The monoisotopic (exact) mass is 370 g/mol. The van der Waals surface area contributed by atoms with Crippen LogP contribution in [0.4, 0.5) is 11.4 Å². The van der Waals surface area contributed by atoms with Crippen molar-refractivity contribution in [2.75, 3.05) is 36.5 Å². The summed E-state index contributed by atoms with van der Waals surface area (Å²) in [5.74, 6) is 0.0207. The minimum absolute atomic E-state index is 0.0207. The van der Waals surface area contributed by atoms with Crippen LogP contribution in [0, 0.1) is 13.8 Å². The Balaban J connectivity index is 1.57. The van der Waals surface area contributed by atoms with Gasteiger partial charge in [0.25, 0.3) is 0 Å². The smallest absolute Gasteiger partial charge is 0.237 e. The van der Waals surface area contributed by atoms with Gasteiger partial charge in [-0.15, -0.1) is 11.8 Å². The molecule has 1 saturated heterocycles. The fourth-order valence-corrected chi connectivity index (χ4v) is 3.83. The van der Waals surface area contributed by atoms with E-state index in [0.29, 0.717) is 0 Å². The minimum Gasteiger partial charge on any atom is -0.378 e. The predicted molar refractivity (Wildman–Crippen MR) is 109 cm³/mol. The quantitative estimate of drug-likeness (QED) is 0.799. The molecule has 1 fully saturated rings. The third kappa shape index (κ3) is 4.80. The van der Waals surface area contributed by atoms with Crippen molar-refractivity contribution in [1.82, 2.24) is 0 Å². The van der Waals surface area contributed by atoms with Crippen molar-refractivity contribution in [2.24, 2.45) is 0 Å². The molecule has 4 nitrogen and oxygen atoms in total. The molecular formula is C21H26N2O2S. The molecule has 1 heterocycles. The number of morpholine rings is 1. The highest BCUT2D eigenvalue weighted by molar-refractivity contribution is 8.00. The highest BCUT2D eigenvalue weighted by Crippen LogP contribution is 2.26. The van der Waals surface area contributed by atoms with Gasteiger partial charge in [0.15, 0.2) is 0 Å². The van der Waals surface area contributed by atoms with Crippen LogP contribution in [0.15, 0.2) is 47.4 Å². The average Bonchev–Trinajstić information content (AvgIpc) is 2.66. The van der Waals surface area contributed by atoms with E-state index in [1.54, 1.807) is 11.8 Å². The Morgan fingerprint density at radius 1 is 1.08 bits per heavy atom. The second kappa shape index (κ2) is 8.60. The molecule has 1 amide bonds. The van der Waals surface area contributed by atoms with Gasteiger partial charge in [0.1, 0.15) is 0 Å². The summed E-state index contributed by atoms with van der Waals surface area (Å²) in [5, 5.41) is 2.86. The molecule has 138 valence electrons. The number of ether oxygens (including phenoxy) is 1. The number of carbonyl (C=O) groups excluding carboxylic acids is 1. The maximum Gasteiger partial charge on any atom is 0.237 e. The van der Waals surface area contributed by atoms with Crippen LogP contribution < -0.4 is 10.2 Å². The second-order valence-corrected chi connectivity index (χ2v) is 8.06. The molecule has 0 radical (unpaired) electrons. The molecule has 0 aliphatic carbocycles. The Morgan fingerprint density at radius 2 is 1.77 bits per heavy atom. The first-order valence-electron chi connectivity index (χ1n) is 9.00. The number of carbonyl (C=O) groups is 1. The average molecular weight is 371 g/mol. The van der Waals surface area contributed by atoms with E-state index in [9.17, 15) is 4.79 Å². The summed E-state index contributed by atoms with van der Waals surface area (Å²) in [4.78, 5) is 15.9. The Bertz CT molecular complexity index is 755. The molecule has 1 aliphatic rings. The Labute approximate surface area is 159 Å². The molecule has 1 aliphatic heterocycles. The van der Waals surface area contributed by atoms with E-state index >= 15 is 0 Å². The maximum atomic E-state index is 12.5. The third-order valence-corrected chi connectivity index (χ3v) is 5.77. The highest BCUT2D eigenvalue weighted by Gasteiger charge is 2.16. The summed E-state index contributed by atoms with van der Waals surface area (Å²) < 4.78 is 5.39. The van der Waals surface area contributed by atoms with Crippen LogP contribution in [0.5, 0.6) is 0 Å². The van der Waals surface area contributed by atoms with E-state index in [1.807, 2.05) is 19.1 Å². The standard InChI is InChI=1S/C21H26N2O2S/c1-15-4-9-20(14-16(15)2)26-17(3)21(24)22-18-5-7-19(8-6-18)23-10-12-25-13-11-23/h4-9,14,17H,10-13H2,1-3H3,(H,22,24)/t17-/m0/s1. The van der Waals surface area contributed by atoms with Gasteiger partial charge in [-0.2, -0.15) is 0 Å². The second-order valence-electron chi connectivity index (χ2n) is 6.64. The van der Waals surface area contributed by atoms with Gasteiger partial charge in [-0.3, -0.25) is 4.79 Å². The zero-order valence-corrected chi connectivity index (χ0v) is 16.4. The van der Waals surface area contributed by atoms with Gasteiger partial charge in [0, 0.05) is 29.4 Å². The summed E-state index contributed by atoms with van der Waals surface area (Å²) in [6.07, 6.45) is 0. The van der Waals surface area contributed by atoms with Crippen molar-refractivity contribution in [3.63, 3.8) is 0 Å². The van der Waals surface area contributed by atoms with Gasteiger partial charge in [-0.25, -0.2) is 0 Å². The van der Waals surface area contributed by atoms with Gasteiger partial charge in [-0.05, 0) is 68.3 Å². The molecule has 2 aromatic rings. The first-order valence-corrected chi connectivity index (χ1v) is 9.88. The molecule has 0 bridgehead atoms. The van der Waals surface area contributed by atoms with Crippen LogP contribution in [0.2, 0.25) is 0 Å². The topological polar surface area (TPSA) is 41.6 Å². The summed E-state index contributed by atoms with van der Waals surface area (Å²) in [5.41, 5.74) is 4.52. The fourth-order valence-electron chi connectivity index (χ4n) is 2.87. The van der Waals surface area contributed by atoms with Crippen molar-refractivity contribution >= 4 is 29.0 Å². The molecule has 2 aromatic carbocycles. The van der Waals surface area contributed by atoms with E-state index in [2.05, 4.69) is 54.4 Å². The summed E-state index contributed by atoms with van der Waals surface area (Å²) >= 11 is 1.59. The molecule has 0 aromatic heterocycles. The number of thioether (sulfide) groups is 1. The van der Waals surface area contributed by atoms with Crippen LogP contribution in [-0.2, 0) is 9.53 Å². The van der Waals surface area contributed by atoms with Gasteiger partial charge in [0.2, 0.25) is 5.91 Å². The summed E-state index contributed by atoms with van der Waals surface area (Å²) in [6, 6.07) is 14.4. The normalized spacial score (nSPS) is 15.6. The maximum absolute atomic E-state index is 12.5. The number of rotatable bonds is 5. The number of nitrogens with one attached hydrogen (secondary N) is 1. The van der Waals surface area contributed by atoms with Crippen molar-refractivity contribution in [2.45, 2.75) is 30.9 Å². The lowest BCUT2D eigenvalue weighted by atomic mass is 10.1. The molecule has 26 heavy (non-hydrogen) atoms. The van der Waals surface area contributed by atoms with Crippen molar-refractivity contribution in [1.29, 1.82) is 0 Å². The van der Waals surface area contributed by atoms with Crippen LogP contribution in [0.25, 0.3) is 0 Å². The third-order valence-electron chi connectivity index (χ3n) is 4.67. The van der Waals surface area contributed by atoms with E-state index in [4.69, 9.17) is 4.74 Å². The molecule has 0 spiro atoms. The number of anilines is 2. The van der Waals surface area contributed by atoms with Gasteiger partial charge >= 0.3 is 0 Å². The Kier molecular flexibility index (Phi) is 6.22. The molecule has 5 heteroatoms. The van der Waals surface area contributed by atoms with Crippen molar-refractivity contribution in [3.05, 3.63) is 53.6 Å². The van der Waals surface area contributed by atoms with Gasteiger partial charge in [0.05, 0.1) is 18.5 Å². The number of amides is 1. The molecule has 0 unspecified atom stereocenters. The molecular weight excluding hydrogens is 344 g/mol. The number of hydrogen-bond donors (Lipinski definition) is 1. The van der Waals surface area contributed by atoms with E-state index in [-0.39, 0.29) is 11.2 Å². The number of nitrogens with zero attached hydrogens (tertiary/aromatic N) is 1. The predicted octanol–water partition coefficient (Wildman–Crippen LogP) is 4.26. The van der Waals surface area contributed by atoms with Crippen LogP contribution in [0.1, 0.15) is 18.1 Å². The van der Waals surface area contributed by atoms with Crippen LogP contribution in [0.3, 0.4) is 0 Å². The van der Waals surface area contributed by atoms with Crippen molar-refractivity contribution in [3.8, 4) is 0 Å². The first kappa shape index (κ1) is 18.8.